The summed E-state index contributed by atoms with van der Waals surface area (Å²) < 4.78 is 24.1. The van der Waals surface area contributed by atoms with Gasteiger partial charge in [-0.2, -0.15) is 4.98 Å². The van der Waals surface area contributed by atoms with E-state index in [0.29, 0.717) is 31.5 Å². The van der Waals surface area contributed by atoms with Crippen molar-refractivity contribution in [3.05, 3.63) is 47.4 Å². The van der Waals surface area contributed by atoms with Crippen LogP contribution in [0.4, 0.5) is 4.39 Å². The summed E-state index contributed by atoms with van der Waals surface area (Å²) in [6.45, 7) is 8.74. The molecule has 1 aliphatic heterocycles. The average Bonchev–Trinajstić information content (AvgIpc) is 2.98. The van der Waals surface area contributed by atoms with Gasteiger partial charge >= 0.3 is 0 Å². The molecule has 0 radical (unpaired) electrons. The molecule has 5 nitrogen and oxygen atoms in total. The average molecular weight is 319 g/mol. The molecular formula is C17H22FN3O2. The Bertz CT molecular complexity index is 649. The van der Waals surface area contributed by atoms with Gasteiger partial charge in [-0.15, -0.1) is 0 Å². The molecule has 1 unspecified atom stereocenters. The molecule has 0 aliphatic carbocycles. The number of ether oxygens (including phenoxy) is 1. The first kappa shape index (κ1) is 16.1. The molecule has 124 valence electrons. The number of nitrogens with zero attached hydrogens (tertiary/aromatic N) is 3. The second-order valence-corrected chi connectivity index (χ2v) is 6.88. The lowest BCUT2D eigenvalue weighted by Gasteiger charge is -2.35. The number of hydrogen-bond acceptors (Lipinski definition) is 5. The van der Waals surface area contributed by atoms with Crippen molar-refractivity contribution in [3.8, 4) is 0 Å². The Morgan fingerprint density at radius 3 is 2.65 bits per heavy atom. The van der Waals surface area contributed by atoms with Crippen LogP contribution in [0.25, 0.3) is 0 Å². The van der Waals surface area contributed by atoms with Crippen LogP contribution in [-0.2, 0) is 16.7 Å². The zero-order valence-corrected chi connectivity index (χ0v) is 13.8. The van der Waals surface area contributed by atoms with E-state index in [-0.39, 0.29) is 17.3 Å². The fourth-order valence-electron chi connectivity index (χ4n) is 2.62. The maximum atomic E-state index is 13.1. The predicted molar refractivity (Wildman–Crippen MR) is 83.4 cm³/mol. The molecule has 1 aliphatic rings. The van der Waals surface area contributed by atoms with Gasteiger partial charge in [0.15, 0.2) is 5.82 Å². The predicted octanol–water partition coefficient (Wildman–Crippen LogP) is 3.08. The summed E-state index contributed by atoms with van der Waals surface area (Å²) in [5.74, 6) is 1.08. The Labute approximate surface area is 135 Å². The van der Waals surface area contributed by atoms with Crippen LogP contribution >= 0.6 is 0 Å². The largest absolute Gasteiger partial charge is 0.378 e. The van der Waals surface area contributed by atoms with E-state index in [1.54, 1.807) is 12.1 Å². The normalized spacial score (nSPS) is 19.9. The molecule has 1 saturated heterocycles. The zero-order valence-electron chi connectivity index (χ0n) is 13.8. The van der Waals surface area contributed by atoms with Crippen molar-refractivity contribution in [2.45, 2.75) is 38.8 Å². The van der Waals surface area contributed by atoms with Crippen molar-refractivity contribution in [1.82, 2.24) is 15.0 Å². The van der Waals surface area contributed by atoms with Gasteiger partial charge < -0.3 is 9.26 Å². The van der Waals surface area contributed by atoms with E-state index in [4.69, 9.17) is 9.26 Å². The van der Waals surface area contributed by atoms with Crippen LogP contribution in [0.1, 0.15) is 44.1 Å². The summed E-state index contributed by atoms with van der Waals surface area (Å²) in [6.07, 6.45) is 0. The fraction of sp³-hybridized carbons (Fsp3) is 0.529. The summed E-state index contributed by atoms with van der Waals surface area (Å²) in [5, 5.41) is 4.09. The number of benzene rings is 1. The van der Waals surface area contributed by atoms with E-state index < -0.39 is 0 Å². The molecule has 0 N–H and O–H groups in total. The van der Waals surface area contributed by atoms with Gasteiger partial charge in [-0.25, -0.2) is 4.39 Å². The van der Waals surface area contributed by atoms with Crippen molar-refractivity contribution in [1.29, 1.82) is 0 Å². The summed E-state index contributed by atoms with van der Waals surface area (Å²) in [6, 6.07) is 6.64. The SMILES string of the molecule is CC(C)(C)c1nc(CN2CCOCC2c2ccc(F)cc2)no1. The van der Waals surface area contributed by atoms with Crippen LogP contribution in [-0.4, -0.2) is 34.8 Å². The van der Waals surface area contributed by atoms with Gasteiger partial charge in [0.25, 0.3) is 0 Å². The molecule has 0 spiro atoms. The molecule has 3 rings (SSSR count). The van der Waals surface area contributed by atoms with Crippen LogP contribution < -0.4 is 0 Å². The Morgan fingerprint density at radius 1 is 1.26 bits per heavy atom. The Morgan fingerprint density at radius 2 is 2.00 bits per heavy atom. The first-order valence-electron chi connectivity index (χ1n) is 7.84. The number of morpholine rings is 1. The van der Waals surface area contributed by atoms with E-state index in [0.717, 1.165) is 12.1 Å². The highest BCUT2D eigenvalue weighted by Crippen LogP contribution is 2.26. The van der Waals surface area contributed by atoms with Crippen LogP contribution in [0.15, 0.2) is 28.8 Å². The molecule has 6 heteroatoms. The molecule has 1 aromatic heterocycles. The highest BCUT2D eigenvalue weighted by Gasteiger charge is 2.27. The van der Waals surface area contributed by atoms with Crippen LogP contribution in [0.2, 0.25) is 0 Å². The lowest BCUT2D eigenvalue weighted by molar-refractivity contribution is -0.0141. The highest BCUT2D eigenvalue weighted by molar-refractivity contribution is 5.20. The molecular weight excluding hydrogens is 297 g/mol. The number of rotatable bonds is 3. The third-order valence-electron chi connectivity index (χ3n) is 3.95. The summed E-state index contributed by atoms with van der Waals surface area (Å²) >= 11 is 0. The molecule has 0 saturated carbocycles. The summed E-state index contributed by atoms with van der Waals surface area (Å²) in [4.78, 5) is 6.74. The van der Waals surface area contributed by atoms with E-state index >= 15 is 0 Å². The van der Waals surface area contributed by atoms with Gasteiger partial charge in [0, 0.05) is 12.0 Å². The molecule has 0 amide bonds. The molecule has 1 fully saturated rings. The molecule has 1 atom stereocenters. The quantitative estimate of drug-likeness (QED) is 0.870. The number of hydrogen-bond donors (Lipinski definition) is 0. The van der Waals surface area contributed by atoms with Gasteiger partial charge in [0.05, 0.1) is 25.8 Å². The molecule has 23 heavy (non-hydrogen) atoms. The zero-order chi connectivity index (χ0) is 16.4. The van der Waals surface area contributed by atoms with Crippen molar-refractivity contribution < 1.29 is 13.7 Å². The highest BCUT2D eigenvalue weighted by atomic mass is 19.1. The van der Waals surface area contributed by atoms with Crippen LogP contribution in [0, 0.1) is 5.82 Å². The lowest BCUT2D eigenvalue weighted by Crippen LogP contribution is -2.39. The van der Waals surface area contributed by atoms with Gasteiger partial charge in [0.2, 0.25) is 5.89 Å². The Hall–Kier alpha value is -1.79. The molecule has 1 aromatic carbocycles. The monoisotopic (exact) mass is 319 g/mol. The minimum Gasteiger partial charge on any atom is -0.378 e. The van der Waals surface area contributed by atoms with Gasteiger partial charge in [0.1, 0.15) is 5.82 Å². The smallest absolute Gasteiger partial charge is 0.232 e. The van der Waals surface area contributed by atoms with Crippen molar-refractivity contribution in [3.63, 3.8) is 0 Å². The van der Waals surface area contributed by atoms with Crippen LogP contribution in [0.5, 0.6) is 0 Å². The first-order valence-corrected chi connectivity index (χ1v) is 7.84. The maximum absolute atomic E-state index is 13.1. The molecule has 2 heterocycles. The Balaban J connectivity index is 1.76. The summed E-state index contributed by atoms with van der Waals surface area (Å²) in [7, 11) is 0. The van der Waals surface area contributed by atoms with Crippen molar-refractivity contribution in [2.75, 3.05) is 19.8 Å². The number of aromatic nitrogens is 2. The third kappa shape index (κ3) is 3.76. The fourth-order valence-corrected chi connectivity index (χ4v) is 2.62. The van der Waals surface area contributed by atoms with E-state index in [9.17, 15) is 4.39 Å². The van der Waals surface area contributed by atoms with Crippen molar-refractivity contribution >= 4 is 0 Å². The second-order valence-electron chi connectivity index (χ2n) is 6.88. The van der Waals surface area contributed by atoms with Gasteiger partial charge in [-0.1, -0.05) is 38.1 Å². The maximum Gasteiger partial charge on any atom is 0.232 e. The van der Waals surface area contributed by atoms with Gasteiger partial charge in [-0.3, -0.25) is 4.90 Å². The minimum absolute atomic E-state index is 0.0703. The van der Waals surface area contributed by atoms with Gasteiger partial charge in [-0.05, 0) is 17.7 Å². The van der Waals surface area contributed by atoms with Crippen LogP contribution in [0.3, 0.4) is 0 Å². The lowest BCUT2D eigenvalue weighted by atomic mass is 9.97. The summed E-state index contributed by atoms with van der Waals surface area (Å²) in [5.41, 5.74) is 0.873. The molecule has 0 bridgehead atoms. The van der Waals surface area contributed by atoms with Crippen molar-refractivity contribution in [2.24, 2.45) is 0 Å². The topological polar surface area (TPSA) is 51.4 Å². The first-order chi connectivity index (χ1) is 10.9. The third-order valence-corrected chi connectivity index (χ3v) is 3.95. The van der Waals surface area contributed by atoms with E-state index in [2.05, 4.69) is 15.0 Å². The molecule has 2 aromatic rings. The number of halogens is 1. The standard InChI is InChI=1S/C17H22FN3O2/c1-17(2,3)16-19-15(20-23-16)10-21-8-9-22-11-14(21)12-4-6-13(18)7-5-12/h4-7,14H,8-11H2,1-3H3. The van der Waals surface area contributed by atoms with E-state index in [1.165, 1.54) is 12.1 Å². The van der Waals surface area contributed by atoms with E-state index in [1.807, 2.05) is 20.8 Å². The Kier molecular flexibility index (Phi) is 4.46. The second kappa shape index (κ2) is 6.37. The minimum atomic E-state index is -0.231.